The standard InChI is InChI=1S/C10H14O4/c11-8(12)5-10-4-2-1-3-7(10)6-14-9(10)13/h7H,1-6H2,(H,11,12)/t7-,10+/m0/s1. The summed E-state index contributed by atoms with van der Waals surface area (Å²) in [6.07, 6.45) is 3.58. The predicted molar refractivity (Wildman–Crippen MR) is 47.6 cm³/mol. The number of hydrogen-bond acceptors (Lipinski definition) is 3. The molecule has 0 aromatic rings. The Hall–Kier alpha value is -1.06. The van der Waals surface area contributed by atoms with Crippen LogP contribution in [0.25, 0.3) is 0 Å². The number of cyclic esters (lactones) is 1. The minimum atomic E-state index is -0.893. The summed E-state index contributed by atoms with van der Waals surface area (Å²) < 4.78 is 5.00. The molecule has 0 aromatic heterocycles. The van der Waals surface area contributed by atoms with Crippen molar-refractivity contribution in [1.29, 1.82) is 0 Å². The van der Waals surface area contributed by atoms with Gasteiger partial charge in [0.05, 0.1) is 18.4 Å². The van der Waals surface area contributed by atoms with Crippen LogP contribution in [0.1, 0.15) is 32.1 Å². The Bertz CT molecular complexity index is 273. The van der Waals surface area contributed by atoms with Crippen molar-refractivity contribution >= 4 is 11.9 Å². The zero-order valence-corrected chi connectivity index (χ0v) is 7.99. The van der Waals surface area contributed by atoms with Gasteiger partial charge in [-0.3, -0.25) is 9.59 Å². The van der Waals surface area contributed by atoms with Crippen LogP contribution in [0, 0.1) is 11.3 Å². The van der Waals surface area contributed by atoms with Crippen LogP contribution in [0.15, 0.2) is 0 Å². The summed E-state index contributed by atoms with van der Waals surface area (Å²) >= 11 is 0. The van der Waals surface area contributed by atoms with E-state index in [1.165, 1.54) is 0 Å². The number of esters is 1. The number of hydrogen-bond donors (Lipinski definition) is 1. The van der Waals surface area contributed by atoms with Gasteiger partial charge in [-0.05, 0) is 12.8 Å². The van der Waals surface area contributed by atoms with E-state index in [-0.39, 0.29) is 18.3 Å². The summed E-state index contributed by atoms with van der Waals surface area (Å²) in [6.45, 7) is 0.423. The second kappa shape index (κ2) is 3.26. The van der Waals surface area contributed by atoms with E-state index in [4.69, 9.17) is 9.84 Å². The Kier molecular flexibility index (Phi) is 2.21. The molecule has 1 aliphatic heterocycles. The van der Waals surface area contributed by atoms with Gasteiger partial charge in [-0.15, -0.1) is 0 Å². The molecule has 2 atom stereocenters. The Balaban J connectivity index is 2.24. The topological polar surface area (TPSA) is 63.6 Å². The lowest BCUT2D eigenvalue weighted by Gasteiger charge is -2.33. The highest BCUT2D eigenvalue weighted by molar-refractivity contribution is 5.84. The molecule has 1 heterocycles. The molecule has 2 rings (SSSR count). The summed E-state index contributed by atoms with van der Waals surface area (Å²) in [5, 5.41) is 8.82. The normalized spacial score (nSPS) is 36.3. The minimum absolute atomic E-state index is 0.0590. The van der Waals surface area contributed by atoms with Crippen molar-refractivity contribution in [2.75, 3.05) is 6.61 Å². The molecule has 1 N–H and O–H groups in total. The number of rotatable bonds is 2. The zero-order chi connectivity index (χ0) is 10.2. The monoisotopic (exact) mass is 198 g/mol. The summed E-state index contributed by atoms with van der Waals surface area (Å²) in [4.78, 5) is 22.3. The molecule has 0 radical (unpaired) electrons. The van der Waals surface area contributed by atoms with E-state index in [0.29, 0.717) is 13.0 Å². The molecule has 0 spiro atoms. The minimum Gasteiger partial charge on any atom is -0.481 e. The molecule has 78 valence electrons. The smallest absolute Gasteiger partial charge is 0.313 e. The van der Waals surface area contributed by atoms with Crippen LogP contribution in [0.3, 0.4) is 0 Å². The molecule has 0 aromatic carbocycles. The molecule has 4 nitrogen and oxygen atoms in total. The highest BCUT2D eigenvalue weighted by Gasteiger charge is 2.54. The number of carboxylic acid groups (broad SMARTS) is 1. The highest BCUT2D eigenvalue weighted by Crippen LogP contribution is 2.48. The van der Waals surface area contributed by atoms with E-state index in [2.05, 4.69) is 0 Å². The molecule has 1 aliphatic carbocycles. The van der Waals surface area contributed by atoms with E-state index in [1.807, 2.05) is 0 Å². The van der Waals surface area contributed by atoms with E-state index < -0.39 is 11.4 Å². The third kappa shape index (κ3) is 1.29. The van der Waals surface area contributed by atoms with Gasteiger partial charge in [-0.1, -0.05) is 12.8 Å². The first kappa shape index (κ1) is 9.49. The van der Waals surface area contributed by atoms with Gasteiger partial charge in [0, 0.05) is 5.92 Å². The van der Waals surface area contributed by atoms with Crippen molar-refractivity contribution in [2.24, 2.45) is 11.3 Å². The lowest BCUT2D eigenvalue weighted by Crippen LogP contribution is -2.38. The molecule has 0 unspecified atom stereocenters. The third-order valence-corrected chi connectivity index (χ3v) is 3.50. The van der Waals surface area contributed by atoms with E-state index in [1.54, 1.807) is 0 Å². The molecular formula is C10H14O4. The lowest BCUT2D eigenvalue weighted by atomic mass is 9.66. The molecule has 4 heteroatoms. The SMILES string of the molecule is O=C(O)C[C@]12CCCC[C@H]1COC2=O. The van der Waals surface area contributed by atoms with Gasteiger partial charge >= 0.3 is 11.9 Å². The van der Waals surface area contributed by atoms with Gasteiger partial charge in [0.25, 0.3) is 0 Å². The molecular weight excluding hydrogens is 184 g/mol. The van der Waals surface area contributed by atoms with Crippen LogP contribution in [0.5, 0.6) is 0 Å². The van der Waals surface area contributed by atoms with Gasteiger partial charge in [0.15, 0.2) is 0 Å². The molecule has 0 bridgehead atoms. The fourth-order valence-corrected chi connectivity index (χ4v) is 2.72. The molecule has 1 saturated heterocycles. The second-order valence-electron chi connectivity index (χ2n) is 4.27. The zero-order valence-electron chi connectivity index (χ0n) is 7.99. The average Bonchev–Trinajstić information content (AvgIpc) is 2.44. The van der Waals surface area contributed by atoms with Gasteiger partial charge in [0.2, 0.25) is 0 Å². The maximum atomic E-state index is 11.6. The van der Waals surface area contributed by atoms with Gasteiger partial charge in [0.1, 0.15) is 0 Å². The first-order valence-electron chi connectivity index (χ1n) is 5.04. The van der Waals surface area contributed by atoms with E-state index in [0.717, 1.165) is 19.3 Å². The van der Waals surface area contributed by atoms with E-state index >= 15 is 0 Å². The Morgan fingerprint density at radius 1 is 1.57 bits per heavy atom. The number of ether oxygens (including phenoxy) is 1. The molecule has 0 amide bonds. The van der Waals surface area contributed by atoms with Crippen LogP contribution in [-0.4, -0.2) is 23.7 Å². The number of fused-ring (bicyclic) bond motifs is 1. The van der Waals surface area contributed by atoms with Gasteiger partial charge in [-0.25, -0.2) is 0 Å². The van der Waals surface area contributed by atoms with Crippen molar-refractivity contribution in [3.63, 3.8) is 0 Å². The highest BCUT2D eigenvalue weighted by atomic mass is 16.5. The van der Waals surface area contributed by atoms with Crippen LogP contribution in [0.2, 0.25) is 0 Å². The predicted octanol–water partition coefficient (Wildman–Crippen LogP) is 1.19. The Labute approximate surface area is 82.2 Å². The Morgan fingerprint density at radius 2 is 2.36 bits per heavy atom. The molecule has 1 saturated carbocycles. The van der Waals surface area contributed by atoms with Crippen LogP contribution in [-0.2, 0) is 14.3 Å². The summed E-state index contributed by atoms with van der Waals surface area (Å²) in [5.74, 6) is -1.04. The summed E-state index contributed by atoms with van der Waals surface area (Å²) in [6, 6.07) is 0. The van der Waals surface area contributed by atoms with Crippen LogP contribution >= 0.6 is 0 Å². The van der Waals surface area contributed by atoms with Crippen LogP contribution in [0.4, 0.5) is 0 Å². The largest absolute Gasteiger partial charge is 0.481 e. The molecule has 2 aliphatic rings. The first-order chi connectivity index (χ1) is 6.65. The number of carbonyl (C=O) groups is 2. The Morgan fingerprint density at radius 3 is 3.07 bits per heavy atom. The van der Waals surface area contributed by atoms with Crippen LogP contribution < -0.4 is 0 Å². The number of aliphatic carboxylic acids is 1. The van der Waals surface area contributed by atoms with Crippen molar-refractivity contribution in [3.8, 4) is 0 Å². The fraction of sp³-hybridized carbons (Fsp3) is 0.800. The number of carboxylic acids is 1. The van der Waals surface area contributed by atoms with Crippen molar-refractivity contribution < 1.29 is 19.4 Å². The maximum Gasteiger partial charge on any atom is 0.313 e. The third-order valence-electron chi connectivity index (χ3n) is 3.50. The van der Waals surface area contributed by atoms with Crippen molar-refractivity contribution in [1.82, 2.24) is 0 Å². The summed E-state index contributed by atoms with van der Waals surface area (Å²) in [5.41, 5.74) is -0.690. The van der Waals surface area contributed by atoms with Crippen molar-refractivity contribution in [2.45, 2.75) is 32.1 Å². The molecule has 2 fully saturated rings. The maximum absolute atomic E-state index is 11.6. The fourth-order valence-electron chi connectivity index (χ4n) is 2.72. The van der Waals surface area contributed by atoms with E-state index in [9.17, 15) is 9.59 Å². The quantitative estimate of drug-likeness (QED) is 0.677. The van der Waals surface area contributed by atoms with Gasteiger partial charge in [-0.2, -0.15) is 0 Å². The second-order valence-corrected chi connectivity index (χ2v) is 4.27. The van der Waals surface area contributed by atoms with Gasteiger partial charge < -0.3 is 9.84 Å². The average molecular weight is 198 g/mol. The first-order valence-corrected chi connectivity index (χ1v) is 5.04. The number of carbonyl (C=O) groups excluding carboxylic acids is 1. The lowest BCUT2D eigenvalue weighted by molar-refractivity contribution is -0.154. The van der Waals surface area contributed by atoms with Crippen molar-refractivity contribution in [3.05, 3.63) is 0 Å². The summed E-state index contributed by atoms with van der Waals surface area (Å²) in [7, 11) is 0. The molecule has 14 heavy (non-hydrogen) atoms.